The van der Waals surface area contributed by atoms with Crippen molar-refractivity contribution in [2.45, 2.75) is 15.9 Å². The van der Waals surface area contributed by atoms with Crippen molar-refractivity contribution in [3.05, 3.63) is 36.2 Å². The van der Waals surface area contributed by atoms with E-state index in [1.54, 1.807) is 7.11 Å². The summed E-state index contributed by atoms with van der Waals surface area (Å²) in [5.41, 5.74) is 1.04. The molecule has 0 bridgehead atoms. The first-order valence-corrected chi connectivity index (χ1v) is 8.31. The number of hydrogen-bond donors (Lipinski definition) is 0. The van der Waals surface area contributed by atoms with E-state index in [1.807, 2.05) is 41.9 Å². The first-order chi connectivity index (χ1) is 10.8. The van der Waals surface area contributed by atoms with Crippen LogP contribution in [0.25, 0.3) is 11.4 Å². The molecular formula is C14H15N5OS2. The van der Waals surface area contributed by atoms with Crippen molar-refractivity contribution in [1.82, 2.24) is 24.1 Å². The van der Waals surface area contributed by atoms with Crippen LogP contribution in [0.5, 0.6) is 0 Å². The van der Waals surface area contributed by atoms with Gasteiger partial charge >= 0.3 is 0 Å². The predicted octanol–water partition coefficient (Wildman–Crippen LogP) is 2.67. The summed E-state index contributed by atoms with van der Waals surface area (Å²) in [6, 6.07) is 10.0. The average molecular weight is 333 g/mol. The van der Waals surface area contributed by atoms with Crippen LogP contribution in [0.3, 0.4) is 0 Å². The minimum atomic E-state index is 0.628. The second-order valence-corrected chi connectivity index (χ2v) is 6.52. The highest BCUT2D eigenvalue weighted by Gasteiger charge is 2.14. The molecule has 6 nitrogen and oxygen atoms in total. The number of benzene rings is 1. The lowest BCUT2D eigenvalue weighted by Crippen LogP contribution is -1.96. The zero-order valence-corrected chi connectivity index (χ0v) is 13.9. The molecule has 3 rings (SSSR count). The number of nitrogens with zero attached hydrogens (tertiary/aromatic N) is 5. The summed E-state index contributed by atoms with van der Waals surface area (Å²) in [6.07, 6.45) is 0.724. The fourth-order valence-corrected chi connectivity index (χ4v) is 3.45. The highest BCUT2D eigenvalue weighted by molar-refractivity contribution is 8.00. The summed E-state index contributed by atoms with van der Waals surface area (Å²) < 4.78 is 12.2. The lowest BCUT2D eigenvalue weighted by Gasteiger charge is -2.01. The molecule has 0 saturated carbocycles. The van der Waals surface area contributed by atoms with E-state index < -0.39 is 0 Å². The van der Waals surface area contributed by atoms with Gasteiger partial charge in [-0.15, -0.1) is 10.2 Å². The molecule has 3 aromatic rings. The van der Waals surface area contributed by atoms with Crippen molar-refractivity contribution in [2.24, 2.45) is 7.05 Å². The molecule has 0 atom stereocenters. The van der Waals surface area contributed by atoms with Crippen LogP contribution in [-0.4, -0.2) is 37.8 Å². The van der Waals surface area contributed by atoms with Gasteiger partial charge in [0.1, 0.15) is 5.82 Å². The van der Waals surface area contributed by atoms with Crippen molar-refractivity contribution in [3.8, 4) is 11.4 Å². The van der Waals surface area contributed by atoms with Gasteiger partial charge in [-0.2, -0.15) is 4.37 Å². The summed E-state index contributed by atoms with van der Waals surface area (Å²) in [4.78, 5) is 4.48. The van der Waals surface area contributed by atoms with Gasteiger partial charge in [-0.05, 0) is 23.3 Å². The molecule has 22 heavy (non-hydrogen) atoms. The van der Waals surface area contributed by atoms with E-state index in [-0.39, 0.29) is 0 Å². The van der Waals surface area contributed by atoms with Gasteiger partial charge in [-0.1, -0.05) is 30.3 Å². The molecule has 0 spiro atoms. The van der Waals surface area contributed by atoms with E-state index >= 15 is 0 Å². The Balaban J connectivity index is 1.76. The predicted molar refractivity (Wildman–Crippen MR) is 86.1 cm³/mol. The molecular weight excluding hydrogens is 318 g/mol. The molecule has 0 amide bonds. The summed E-state index contributed by atoms with van der Waals surface area (Å²) in [5, 5.41) is 9.32. The van der Waals surface area contributed by atoms with E-state index in [0.29, 0.717) is 6.61 Å². The van der Waals surface area contributed by atoms with Gasteiger partial charge in [0.05, 0.1) is 6.61 Å². The molecule has 114 valence electrons. The van der Waals surface area contributed by atoms with E-state index in [9.17, 15) is 0 Å². The average Bonchev–Trinajstić information content (AvgIpc) is 3.14. The standard InChI is InChI=1S/C14H15N5OS2/c1-19-12(10-6-4-3-5-7-10)16-17-13(19)21-14-15-11(18-22-14)8-9-20-2/h3-7H,8-9H2,1-2H3. The number of ether oxygens (including phenoxy) is 1. The quantitative estimate of drug-likeness (QED) is 0.691. The minimum Gasteiger partial charge on any atom is -0.384 e. The Labute approximate surface area is 136 Å². The van der Waals surface area contributed by atoms with Crippen LogP contribution >= 0.6 is 23.3 Å². The van der Waals surface area contributed by atoms with Gasteiger partial charge in [0.15, 0.2) is 15.3 Å². The Kier molecular flexibility index (Phi) is 4.81. The van der Waals surface area contributed by atoms with Crippen LogP contribution in [0.4, 0.5) is 0 Å². The highest BCUT2D eigenvalue weighted by atomic mass is 32.2. The van der Waals surface area contributed by atoms with Crippen LogP contribution in [-0.2, 0) is 18.2 Å². The van der Waals surface area contributed by atoms with Gasteiger partial charge in [0.25, 0.3) is 0 Å². The monoisotopic (exact) mass is 333 g/mol. The van der Waals surface area contributed by atoms with Crippen LogP contribution in [0.2, 0.25) is 0 Å². The lowest BCUT2D eigenvalue weighted by atomic mass is 10.2. The SMILES string of the molecule is COCCc1nsc(Sc2nnc(-c3ccccc3)n2C)n1. The van der Waals surface area contributed by atoms with E-state index in [0.717, 1.165) is 33.1 Å². The summed E-state index contributed by atoms with van der Waals surface area (Å²) in [6.45, 7) is 0.628. The van der Waals surface area contributed by atoms with Crippen LogP contribution in [0, 0.1) is 0 Å². The number of rotatable bonds is 6. The second kappa shape index (κ2) is 6.99. The zero-order chi connectivity index (χ0) is 15.4. The smallest absolute Gasteiger partial charge is 0.198 e. The molecule has 0 aliphatic heterocycles. The number of aromatic nitrogens is 5. The van der Waals surface area contributed by atoms with Gasteiger partial charge in [-0.25, -0.2) is 4.98 Å². The van der Waals surface area contributed by atoms with E-state index in [1.165, 1.54) is 23.3 Å². The highest BCUT2D eigenvalue weighted by Crippen LogP contribution is 2.29. The maximum absolute atomic E-state index is 5.04. The number of methoxy groups -OCH3 is 1. The van der Waals surface area contributed by atoms with Crippen LogP contribution in [0.15, 0.2) is 39.8 Å². The third-order valence-corrected chi connectivity index (χ3v) is 4.85. The molecule has 0 saturated heterocycles. The Morgan fingerprint density at radius 2 is 2.05 bits per heavy atom. The normalized spacial score (nSPS) is 11.0. The molecule has 0 aliphatic carbocycles. The van der Waals surface area contributed by atoms with Crippen molar-refractivity contribution >= 4 is 23.3 Å². The topological polar surface area (TPSA) is 65.7 Å². The summed E-state index contributed by atoms with van der Waals surface area (Å²) in [5.74, 6) is 1.65. The fourth-order valence-electron chi connectivity index (χ4n) is 1.89. The summed E-state index contributed by atoms with van der Waals surface area (Å²) in [7, 11) is 3.63. The molecule has 1 aromatic carbocycles. The molecule has 0 radical (unpaired) electrons. The fraction of sp³-hybridized carbons (Fsp3) is 0.286. The molecule has 8 heteroatoms. The second-order valence-electron chi connectivity index (χ2n) is 4.55. The third kappa shape index (κ3) is 3.34. The lowest BCUT2D eigenvalue weighted by molar-refractivity contribution is 0.200. The first-order valence-electron chi connectivity index (χ1n) is 6.72. The van der Waals surface area contributed by atoms with Crippen molar-refractivity contribution in [3.63, 3.8) is 0 Å². The van der Waals surface area contributed by atoms with Crippen LogP contribution in [0.1, 0.15) is 5.82 Å². The Bertz CT molecular complexity index is 741. The largest absolute Gasteiger partial charge is 0.384 e. The van der Waals surface area contributed by atoms with Crippen molar-refractivity contribution < 1.29 is 4.74 Å². The van der Waals surface area contributed by atoms with Gasteiger partial charge in [-0.3, -0.25) is 0 Å². The van der Waals surface area contributed by atoms with Gasteiger partial charge in [0.2, 0.25) is 0 Å². The van der Waals surface area contributed by atoms with Gasteiger partial charge in [0, 0.05) is 26.1 Å². The van der Waals surface area contributed by atoms with Gasteiger partial charge < -0.3 is 9.30 Å². The molecule has 2 aromatic heterocycles. The van der Waals surface area contributed by atoms with E-state index in [4.69, 9.17) is 4.74 Å². The molecule has 0 N–H and O–H groups in total. The molecule has 0 unspecified atom stereocenters. The Morgan fingerprint density at radius 3 is 2.82 bits per heavy atom. The first kappa shape index (κ1) is 15.1. The maximum atomic E-state index is 5.04. The number of hydrogen-bond acceptors (Lipinski definition) is 7. The van der Waals surface area contributed by atoms with Crippen molar-refractivity contribution in [2.75, 3.05) is 13.7 Å². The third-order valence-electron chi connectivity index (χ3n) is 3.02. The zero-order valence-electron chi connectivity index (χ0n) is 12.3. The van der Waals surface area contributed by atoms with E-state index in [2.05, 4.69) is 19.6 Å². The maximum Gasteiger partial charge on any atom is 0.198 e. The minimum absolute atomic E-state index is 0.628. The summed E-state index contributed by atoms with van der Waals surface area (Å²) >= 11 is 2.85. The molecule has 2 heterocycles. The van der Waals surface area contributed by atoms with Crippen molar-refractivity contribution in [1.29, 1.82) is 0 Å². The Morgan fingerprint density at radius 1 is 1.23 bits per heavy atom. The van der Waals surface area contributed by atoms with Crippen LogP contribution < -0.4 is 0 Å². The Hall–Kier alpha value is -1.77. The molecule has 0 fully saturated rings. The molecule has 0 aliphatic rings.